The summed E-state index contributed by atoms with van der Waals surface area (Å²) >= 11 is 0. The van der Waals surface area contributed by atoms with Gasteiger partial charge in [0.05, 0.1) is 0 Å². The molecule has 4 aliphatic rings. The topological polar surface area (TPSA) is 0 Å². The van der Waals surface area contributed by atoms with Crippen LogP contribution in [0, 0.1) is 69.2 Å². The van der Waals surface area contributed by atoms with Crippen molar-refractivity contribution in [3.05, 3.63) is 160 Å². The molecule has 0 aromatic heterocycles. The summed E-state index contributed by atoms with van der Waals surface area (Å²) in [5, 5.41) is 0. The molecule has 0 heteroatoms. The number of benzene rings is 6. The maximum Gasteiger partial charge on any atom is 0.00764 e. The molecule has 0 aliphatic heterocycles. The molecule has 10 rings (SSSR count). The van der Waals surface area contributed by atoms with Crippen molar-refractivity contribution in [3.63, 3.8) is 0 Å². The predicted molar refractivity (Wildman–Crippen MR) is 235 cm³/mol. The molecule has 4 aliphatic carbocycles. The average Bonchev–Trinajstić information content (AvgIpc) is 3.81. The molecule has 0 bridgehead atoms. The highest BCUT2D eigenvalue weighted by Crippen LogP contribution is 2.61. The van der Waals surface area contributed by atoms with E-state index in [0.717, 1.165) is 6.42 Å². The lowest BCUT2D eigenvalue weighted by atomic mass is 9.83. The van der Waals surface area contributed by atoms with Crippen molar-refractivity contribution in [1.82, 2.24) is 0 Å². The second-order valence-electron chi connectivity index (χ2n) is 18.5. The van der Waals surface area contributed by atoms with E-state index in [0.29, 0.717) is 23.7 Å². The molecule has 4 atom stereocenters. The van der Waals surface area contributed by atoms with Crippen LogP contribution < -0.4 is 0 Å². The van der Waals surface area contributed by atoms with E-state index in [2.05, 4.69) is 145 Å². The fourth-order valence-electron chi connectivity index (χ4n) is 12.5. The van der Waals surface area contributed by atoms with Gasteiger partial charge in [0, 0.05) is 23.7 Å². The van der Waals surface area contributed by atoms with Gasteiger partial charge in [0.25, 0.3) is 0 Å². The first-order valence-corrected chi connectivity index (χ1v) is 20.9. The predicted octanol–water partition coefficient (Wildman–Crippen LogP) is 14.9. The zero-order valence-electron chi connectivity index (χ0n) is 35.6. The Bertz CT molecular complexity index is 2780. The molecular weight excluding hydrogens is 661 g/mol. The quantitative estimate of drug-likeness (QED) is 0.167. The first kappa shape index (κ1) is 34.8. The fraction of sp³-hybridized carbons (Fsp3) is 0.345. The Labute approximate surface area is 330 Å². The molecule has 0 N–H and O–H groups in total. The van der Waals surface area contributed by atoms with Crippen molar-refractivity contribution >= 4 is 0 Å². The van der Waals surface area contributed by atoms with E-state index in [1.807, 2.05) is 0 Å². The minimum Gasteiger partial charge on any atom is -0.0558 e. The second kappa shape index (κ2) is 11.4. The van der Waals surface area contributed by atoms with Gasteiger partial charge in [0.2, 0.25) is 0 Å². The monoisotopic (exact) mass is 716 g/mol. The number of aryl methyl sites for hydroxylation is 6. The molecule has 6 aromatic carbocycles. The molecule has 0 saturated heterocycles. The van der Waals surface area contributed by atoms with Gasteiger partial charge in [-0.25, -0.2) is 0 Å². The number of hydrogen-bond donors (Lipinski definition) is 0. The van der Waals surface area contributed by atoms with E-state index in [1.54, 1.807) is 22.3 Å². The smallest absolute Gasteiger partial charge is 0.00764 e. The largest absolute Gasteiger partial charge is 0.0558 e. The van der Waals surface area contributed by atoms with Crippen LogP contribution in [0.2, 0.25) is 0 Å². The summed E-state index contributed by atoms with van der Waals surface area (Å²) in [6.07, 6.45) is 0.994. The van der Waals surface area contributed by atoms with E-state index in [1.165, 1.54) is 134 Å². The van der Waals surface area contributed by atoms with Crippen molar-refractivity contribution in [2.45, 2.75) is 127 Å². The summed E-state index contributed by atoms with van der Waals surface area (Å²) < 4.78 is 0. The Morgan fingerprint density at radius 1 is 0.309 bits per heavy atom. The highest BCUT2D eigenvalue weighted by molar-refractivity contribution is 5.97. The van der Waals surface area contributed by atoms with Gasteiger partial charge in [0.15, 0.2) is 0 Å². The van der Waals surface area contributed by atoms with Crippen LogP contribution in [-0.2, 0) is 6.42 Å². The number of rotatable bonds is 2. The van der Waals surface area contributed by atoms with Gasteiger partial charge in [-0.1, -0.05) is 52.0 Å². The van der Waals surface area contributed by atoms with Crippen LogP contribution in [0.1, 0.15) is 163 Å². The van der Waals surface area contributed by atoms with E-state index in [9.17, 15) is 0 Å². The van der Waals surface area contributed by atoms with Crippen molar-refractivity contribution in [3.8, 4) is 44.5 Å². The van der Waals surface area contributed by atoms with Crippen molar-refractivity contribution in [2.75, 3.05) is 0 Å². The van der Waals surface area contributed by atoms with E-state index >= 15 is 0 Å². The van der Waals surface area contributed by atoms with Crippen molar-refractivity contribution < 1.29 is 0 Å². The van der Waals surface area contributed by atoms with E-state index in [-0.39, 0.29) is 0 Å². The third-order valence-electron chi connectivity index (χ3n) is 15.6. The minimum absolute atomic E-state index is 0.359. The summed E-state index contributed by atoms with van der Waals surface area (Å²) in [5.74, 6) is 1.51. The van der Waals surface area contributed by atoms with Crippen LogP contribution >= 0.6 is 0 Å². The summed E-state index contributed by atoms with van der Waals surface area (Å²) in [6, 6.07) is 20.2. The summed E-state index contributed by atoms with van der Waals surface area (Å²) in [7, 11) is 0. The van der Waals surface area contributed by atoms with Gasteiger partial charge in [0.1, 0.15) is 0 Å². The molecule has 0 heterocycles. The molecule has 276 valence electrons. The maximum atomic E-state index is 2.63. The SMILES string of the molecule is Cc1cc(C)c(Cc2cc(C)c3c(c2C)C(C)c2cc4c(cc2-3)C(C)c2c(C)c3c(c(C)c2-4)C(C)c2cc4c(cc2-3)C(C)c2c(C)c(C)cc(C)c2-4)cc1C. The molecular formula is C55H56. The maximum absolute atomic E-state index is 2.63. The summed E-state index contributed by atoms with van der Waals surface area (Å²) in [4.78, 5) is 0. The molecule has 4 unspecified atom stereocenters. The highest BCUT2D eigenvalue weighted by Gasteiger charge is 2.41. The van der Waals surface area contributed by atoms with Crippen LogP contribution in [0.25, 0.3) is 44.5 Å². The van der Waals surface area contributed by atoms with Crippen LogP contribution in [-0.4, -0.2) is 0 Å². The van der Waals surface area contributed by atoms with Crippen LogP contribution in [0.3, 0.4) is 0 Å². The second-order valence-corrected chi connectivity index (χ2v) is 18.5. The Balaban J connectivity index is 1.09. The van der Waals surface area contributed by atoms with Gasteiger partial charge in [-0.15, -0.1) is 0 Å². The van der Waals surface area contributed by atoms with Gasteiger partial charge in [-0.05, 0) is 256 Å². The van der Waals surface area contributed by atoms with E-state index in [4.69, 9.17) is 0 Å². The first-order chi connectivity index (χ1) is 26.1. The number of hydrogen-bond acceptors (Lipinski definition) is 0. The molecule has 0 radical (unpaired) electrons. The highest BCUT2D eigenvalue weighted by atomic mass is 14.4. The van der Waals surface area contributed by atoms with Crippen molar-refractivity contribution in [2.24, 2.45) is 0 Å². The third-order valence-corrected chi connectivity index (χ3v) is 15.6. The molecule has 55 heavy (non-hydrogen) atoms. The standard InChI is InChI=1S/C55H56/c1-24-15-27(4)38(17-25(24)2)19-39-18-29(6)49-45-21-43-35(12)53-36(13)54-46-22-40-32(9)50-30(7)26(3)16-28(5)48(50)44(40)20-42(46)34(11)52(54)37(14)55(53)47(43)23-41(45)33(10)51(49)31(39)8/h15-18,20-23,32-35H,19H2,1-14H3. The zero-order valence-corrected chi connectivity index (χ0v) is 35.6. The number of fused-ring (bicyclic) bond motifs is 12. The first-order valence-electron chi connectivity index (χ1n) is 20.9. The fourth-order valence-corrected chi connectivity index (χ4v) is 12.5. The van der Waals surface area contributed by atoms with Crippen molar-refractivity contribution in [1.29, 1.82) is 0 Å². The van der Waals surface area contributed by atoms with Crippen LogP contribution in [0.15, 0.2) is 48.5 Å². The molecule has 0 amide bonds. The molecule has 0 saturated carbocycles. The van der Waals surface area contributed by atoms with Gasteiger partial charge >= 0.3 is 0 Å². The Hall–Kier alpha value is -4.68. The molecule has 0 nitrogen and oxygen atoms in total. The zero-order chi connectivity index (χ0) is 38.8. The Morgan fingerprint density at radius 3 is 1.13 bits per heavy atom. The molecule has 0 fully saturated rings. The molecule has 6 aromatic rings. The average molecular weight is 717 g/mol. The summed E-state index contributed by atoms with van der Waals surface area (Å²) in [5.41, 5.74) is 41.6. The normalized spacial score (nSPS) is 19.2. The Kier molecular flexibility index (Phi) is 7.24. The van der Waals surface area contributed by atoms with Gasteiger partial charge in [-0.3, -0.25) is 0 Å². The van der Waals surface area contributed by atoms with Gasteiger partial charge in [-0.2, -0.15) is 0 Å². The molecule has 0 spiro atoms. The lowest BCUT2D eigenvalue weighted by Gasteiger charge is -2.20. The van der Waals surface area contributed by atoms with Crippen LogP contribution in [0.5, 0.6) is 0 Å². The van der Waals surface area contributed by atoms with E-state index < -0.39 is 0 Å². The van der Waals surface area contributed by atoms with Gasteiger partial charge < -0.3 is 0 Å². The summed E-state index contributed by atoms with van der Waals surface area (Å²) in [6.45, 7) is 33.2. The lowest BCUT2D eigenvalue weighted by Crippen LogP contribution is -2.03. The lowest BCUT2D eigenvalue weighted by molar-refractivity contribution is 0.920. The van der Waals surface area contributed by atoms with Crippen LogP contribution in [0.4, 0.5) is 0 Å². The Morgan fingerprint density at radius 2 is 0.655 bits per heavy atom. The minimum atomic E-state index is 0.359. The third kappa shape index (κ3) is 4.35.